The fraction of sp³-hybridized carbons (Fsp3) is 0.278. The third-order valence-electron chi connectivity index (χ3n) is 4.82. The fourth-order valence-electron chi connectivity index (χ4n) is 2.95. The minimum absolute atomic E-state index is 0.266. The van der Waals surface area contributed by atoms with E-state index >= 15 is 0 Å². The lowest BCUT2D eigenvalue weighted by atomic mass is 9.97. The average Bonchev–Trinajstić information content (AvgIpc) is 2.55. The summed E-state index contributed by atoms with van der Waals surface area (Å²) in [6, 6.07) is 5.13. The van der Waals surface area contributed by atoms with Crippen molar-refractivity contribution in [2.45, 2.75) is 27.7 Å². The van der Waals surface area contributed by atoms with Gasteiger partial charge in [0, 0.05) is 7.05 Å². The molecule has 0 saturated heterocycles. The van der Waals surface area contributed by atoms with Crippen molar-refractivity contribution in [3.05, 3.63) is 61.3 Å². The molecule has 0 spiro atoms. The van der Waals surface area contributed by atoms with Crippen LogP contribution in [-0.4, -0.2) is 14.1 Å². The molecule has 0 aliphatic carbocycles. The van der Waals surface area contributed by atoms with Gasteiger partial charge in [0.2, 0.25) is 0 Å². The molecule has 1 aromatic carbocycles. The zero-order valence-electron chi connectivity index (χ0n) is 14.5. The molecule has 6 heteroatoms. The van der Waals surface area contributed by atoms with Crippen molar-refractivity contribution in [3.8, 4) is 5.69 Å². The van der Waals surface area contributed by atoms with Gasteiger partial charge in [-0.3, -0.25) is 9.36 Å². The molecule has 24 heavy (non-hydrogen) atoms. The molecule has 0 amide bonds. The molecule has 0 unspecified atom stereocenters. The monoisotopic (exact) mass is 324 g/mol. The molecule has 0 fully saturated rings. The second-order valence-electron chi connectivity index (χ2n) is 6.18. The van der Waals surface area contributed by atoms with E-state index in [1.165, 1.54) is 17.2 Å². The van der Waals surface area contributed by atoms with E-state index < -0.39 is 5.69 Å². The Labute approximate surface area is 139 Å². The van der Waals surface area contributed by atoms with Crippen LogP contribution in [0.25, 0.3) is 16.7 Å². The van der Waals surface area contributed by atoms with Crippen molar-refractivity contribution in [2.24, 2.45) is 7.05 Å². The van der Waals surface area contributed by atoms with Crippen molar-refractivity contribution in [1.29, 1.82) is 0 Å². The highest BCUT2D eigenvalue weighted by Gasteiger charge is 2.17. The molecule has 0 atom stereocenters. The maximum absolute atomic E-state index is 12.8. The molecule has 0 bridgehead atoms. The maximum Gasteiger partial charge on any atom is 0.337 e. The molecule has 3 aromatic rings. The third-order valence-corrected chi connectivity index (χ3v) is 4.82. The fourth-order valence-corrected chi connectivity index (χ4v) is 2.95. The van der Waals surface area contributed by atoms with Crippen LogP contribution in [0.4, 0.5) is 5.82 Å². The number of aromatic nitrogens is 3. The van der Waals surface area contributed by atoms with Gasteiger partial charge in [0.1, 0.15) is 5.82 Å². The number of pyridine rings is 1. The summed E-state index contributed by atoms with van der Waals surface area (Å²) >= 11 is 0. The summed E-state index contributed by atoms with van der Waals surface area (Å²) in [5, 5.41) is 0.363. The Morgan fingerprint density at radius 2 is 1.67 bits per heavy atom. The molecule has 0 saturated carbocycles. The van der Waals surface area contributed by atoms with Gasteiger partial charge in [-0.1, -0.05) is 0 Å². The number of fused-ring (bicyclic) bond motifs is 1. The number of nitrogens with zero attached hydrogens (tertiary/aromatic N) is 3. The lowest BCUT2D eigenvalue weighted by Gasteiger charge is -2.18. The first-order valence-corrected chi connectivity index (χ1v) is 7.70. The zero-order chi connectivity index (χ0) is 17.8. The van der Waals surface area contributed by atoms with Crippen LogP contribution in [-0.2, 0) is 7.05 Å². The molecule has 0 aliphatic rings. The minimum Gasteiger partial charge on any atom is -0.384 e. The lowest BCUT2D eigenvalue weighted by Crippen LogP contribution is -2.38. The molecule has 6 nitrogen and oxygen atoms in total. The summed E-state index contributed by atoms with van der Waals surface area (Å²) in [5.41, 5.74) is 10.3. The molecule has 2 heterocycles. The Morgan fingerprint density at radius 1 is 1.00 bits per heavy atom. The minimum atomic E-state index is -0.434. The van der Waals surface area contributed by atoms with Gasteiger partial charge < -0.3 is 5.73 Å². The Bertz CT molecular complexity index is 1110. The topological polar surface area (TPSA) is 82.9 Å². The van der Waals surface area contributed by atoms with Crippen molar-refractivity contribution in [2.75, 3.05) is 5.73 Å². The molecule has 124 valence electrons. The molecule has 2 aromatic heterocycles. The van der Waals surface area contributed by atoms with Gasteiger partial charge in [0.25, 0.3) is 5.56 Å². The number of rotatable bonds is 1. The normalized spacial score (nSPS) is 11.2. The van der Waals surface area contributed by atoms with Gasteiger partial charge in [-0.25, -0.2) is 14.3 Å². The summed E-state index contributed by atoms with van der Waals surface area (Å²) in [4.78, 5) is 29.5. The highest BCUT2D eigenvalue weighted by atomic mass is 16.2. The van der Waals surface area contributed by atoms with Gasteiger partial charge in [-0.2, -0.15) is 0 Å². The van der Waals surface area contributed by atoms with E-state index in [9.17, 15) is 9.59 Å². The number of nitrogen functional groups attached to an aromatic ring is 1. The van der Waals surface area contributed by atoms with Gasteiger partial charge in [-0.05, 0) is 68.1 Å². The van der Waals surface area contributed by atoms with Crippen molar-refractivity contribution in [1.82, 2.24) is 14.1 Å². The van der Waals surface area contributed by atoms with Crippen molar-refractivity contribution < 1.29 is 0 Å². The second kappa shape index (κ2) is 5.33. The predicted octanol–water partition coefficient (Wildman–Crippen LogP) is 1.90. The average molecular weight is 324 g/mol. The summed E-state index contributed by atoms with van der Waals surface area (Å²) in [5.74, 6) is 0.266. The Balaban J connectivity index is 2.59. The number of nitrogens with two attached hydrogens (primary N) is 1. The van der Waals surface area contributed by atoms with E-state index in [-0.39, 0.29) is 17.0 Å². The van der Waals surface area contributed by atoms with Crippen LogP contribution in [0.5, 0.6) is 0 Å². The second-order valence-corrected chi connectivity index (χ2v) is 6.18. The van der Waals surface area contributed by atoms with Crippen LogP contribution >= 0.6 is 0 Å². The lowest BCUT2D eigenvalue weighted by molar-refractivity contribution is 0.745. The first-order chi connectivity index (χ1) is 11.2. The first kappa shape index (κ1) is 16.0. The summed E-state index contributed by atoms with van der Waals surface area (Å²) in [6.45, 7) is 8.05. The molecule has 0 aliphatic heterocycles. The van der Waals surface area contributed by atoms with E-state index in [1.807, 2.05) is 26.8 Å². The van der Waals surface area contributed by atoms with Crippen LogP contribution in [0.2, 0.25) is 0 Å². The predicted molar refractivity (Wildman–Crippen MR) is 95.9 cm³/mol. The molecular weight excluding hydrogens is 304 g/mol. The van der Waals surface area contributed by atoms with E-state index in [0.717, 1.165) is 26.9 Å². The molecule has 2 N–H and O–H groups in total. The Kier molecular flexibility index (Phi) is 3.55. The van der Waals surface area contributed by atoms with Crippen LogP contribution in [0.3, 0.4) is 0 Å². The van der Waals surface area contributed by atoms with Crippen LogP contribution in [0.15, 0.2) is 27.8 Å². The third kappa shape index (κ3) is 2.14. The summed E-state index contributed by atoms with van der Waals surface area (Å²) in [7, 11) is 1.47. The quantitative estimate of drug-likeness (QED) is 0.741. The number of benzene rings is 1. The van der Waals surface area contributed by atoms with E-state index in [0.29, 0.717) is 5.39 Å². The zero-order valence-corrected chi connectivity index (χ0v) is 14.5. The SMILES string of the molecule is Cc1cc(-n2c(=O)n(C)c(=O)c3ccc(N)nc32)c(C)c(C)c1C. The highest BCUT2D eigenvalue weighted by molar-refractivity contribution is 5.78. The van der Waals surface area contributed by atoms with Crippen molar-refractivity contribution in [3.63, 3.8) is 0 Å². The van der Waals surface area contributed by atoms with Crippen molar-refractivity contribution >= 4 is 16.9 Å². The molecule has 0 radical (unpaired) electrons. The first-order valence-electron chi connectivity index (χ1n) is 7.70. The summed E-state index contributed by atoms with van der Waals surface area (Å²) < 4.78 is 2.58. The smallest absolute Gasteiger partial charge is 0.337 e. The van der Waals surface area contributed by atoms with E-state index in [4.69, 9.17) is 5.73 Å². The van der Waals surface area contributed by atoms with E-state index in [2.05, 4.69) is 11.9 Å². The van der Waals surface area contributed by atoms with Gasteiger partial charge in [-0.15, -0.1) is 0 Å². The molecular formula is C18H20N4O2. The number of hydrogen-bond acceptors (Lipinski definition) is 4. The Hall–Kier alpha value is -2.89. The van der Waals surface area contributed by atoms with Gasteiger partial charge in [0.05, 0.1) is 11.1 Å². The van der Waals surface area contributed by atoms with Crippen LogP contribution in [0.1, 0.15) is 22.3 Å². The standard InChI is InChI=1S/C18H20N4O2/c1-9-8-14(12(4)11(3)10(9)2)22-16-13(6-7-15(19)20-16)17(23)21(5)18(22)24/h6-8H,1-5H3,(H2,19,20). The number of aryl methyl sites for hydroxylation is 1. The maximum atomic E-state index is 12.8. The van der Waals surface area contributed by atoms with E-state index in [1.54, 1.807) is 12.1 Å². The van der Waals surface area contributed by atoms with Gasteiger partial charge >= 0.3 is 5.69 Å². The summed E-state index contributed by atoms with van der Waals surface area (Å²) in [6.07, 6.45) is 0. The Morgan fingerprint density at radius 3 is 2.33 bits per heavy atom. The number of hydrogen-bond donors (Lipinski definition) is 1. The number of anilines is 1. The largest absolute Gasteiger partial charge is 0.384 e. The van der Waals surface area contributed by atoms with Crippen LogP contribution < -0.4 is 17.0 Å². The molecule has 3 rings (SSSR count). The highest BCUT2D eigenvalue weighted by Crippen LogP contribution is 2.25. The van der Waals surface area contributed by atoms with Gasteiger partial charge in [0.15, 0.2) is 5.65 Å². The van der Waals surface area contributed by atoms with Crippen LogP contribution in [0, 0.1) is 27.7 Å².